The minimum absolute atomic E-state index is 0.328. The van der Waals surface area contributed by atoms with E-state index in [1.54, 1.807) is 0 Å². The molecule has 100 valence electrons. The quantitative estimate of drug-likeness (QED) is 0.802. The summed E-state index contributed by atoms with van der Waals surface area (Å²) in [5, 5.41) is 3.36. The van der Waals surface area contributed by atoms with Crippen LogP contribution in [0.5, 0.6) is 0 Å². The van der Waals surface area contributed by atoms with Gasteiger partial charge in [0.2, 0.25) is 0 Å². The summed E-state index contributed by atoms with van der Waals surface area (Å²) in [6.45, 7) is 2.71. The van der Waals surface area contributed by atoms with Crippen LogP contribution in [0.2, 0.25) is 0 Å². The van der Waals surface area contributed by atoms with E-state index in [1.807, 2.05) is 0 Å². The van der Waals surface area contributed by atoms with Gasteiger partial charge in [-0.1, -0.05) is 19.8 Å². The van der Waals surface area contributed by atoms with Crippen LogP contribution in [0.3, 0.4) is 0 Å². The lowest BCUT2D eigenvalue weighted by molar-refractivity contribution is 0.441. The maximum Gasteiger partial charge on any atom is 0.127 e. The van der Waals surface area contributed by atoms with Crippen molar-refractivity contribution in [3.8, 4) is 0 Å². The van der Waals surface area contributed by atoms with E-state index in [-0.39, 0.29) is 11.6 Å². The van der Waals surface area contributed by atoms with E-state index in [4.69, 9.17) is 0 Å². The molecule has 1 aromatic carbocycles. The Morgan fingerprint density at radius 2 is 2.00 bits per heavy atom. The molecule has 1 aromatic rings. The summed E-state index contributed by atoms with van der Waals surface area (Å²) >= 11 is 0. The molecule has 0 radical (unpaired) electrons. The fraction of sp³-hybridized carbons (Fsp3) is 0.600. The van der Waals surface area contributed by atoms with Gasteiger partial charge in [-0.25, -0.2) is 8.78 Å². The second-order valence-corrected chi connectivity index (χ2v) is 5.43. The van der Waals surface area contributed by atoms with Gasteiger partial charge >= 0.3 is 0 Å². The van der Waals surface area contributed by atoms with Gasteiger partial charge in [0.15, 0.2) is 0 Å². The zero-order chi connectivity index (χ0) is 13.0. The van der Waals surface area contributed by atoms with Crippen molar-refractivity contribution in [1.29, 1.82) is 0 Å². The van der Waals surface area contributed by atoms with E-state index in [2.05, 4.69) is 12.2 Å². The van der Waals surface area contributed by atoms with Crippen molar-refractivity contribution in [3.05, 3.63) is 35.4 Å². The first-order valence-corrected chi connectivity index (χ1v) is 6.82. The molecule has 1 aliphatic rings. The van der Waals surface area contributed by atoms with Crippen molar-refractivity contribution in [2.24, 2.45) is 5.92 Å². The van der Waals surface area contributed by atoms with Gasteiger partial charge in [0, 0.05) is 18.2 Å². The SMILES string of the molecule is CC1CCCC(NCc2cc(F)ccc2F)CC1. The van der Waals surface area contributed by atoms with Crippen molar-refractivity contribution in [2.75, 3.05) is 0 Å². The highest BCUT2D eigenvalue weighted by Gasteiger charge is 2.16. The summed E-state index contributed by atoms with van der Waals surface area (Å²) in [4.78, 5) is 0. The number of hydrogen-bond donors (Lipinski definition) is 1. The summed E-state index contributed by atoms with van der Waals surface area (Å²) in [6, 6.07) is 4.08. The number of nitrogens with one attached hydrogen (secondary N) is 1. The molecular formula is C15H21F2N. The maximum atomic E-state index is 13.5. The lowest BCUT2D eigenvalue weighted by atomic mass is 10.0. The molecule has 1 aliphatic carbocycles. The van der Waals surface area contributed by atoms with Crippen molar-refractivity contribution in [2.45, 2.75) is 51.6 Å². The van der Waals surface area contributed by atoms with Gasteiger partial charge in [-0.2, -0.15) is 0 Å². The molecule has 0 saturated heterocycles. The second kappa shape index (κ2) is 6.28. The third-order valence-electron chi connectivity index (χ3n) is 3.85. The van der Waals surface area contributed by atoms with Gasteiger partial charge in [-0.15, -0.1) is 0 Å². The molecule has 1 nitrogen and oxygen atoms in total. The Hall–Kier alpha value is -0.960. The molecule has 0 bridgehead atoms. The number of benzene rings is 1. The van der Waals surface area contributed by atoms with E-state index in [1.165, 1.54) is 31.4 Å². The Labute approximate surface area is 108 Å². The van der Waals surface area contributed by atoms with Crippen molar-refractivity contribution < 1.29 is 8.78 Å². The van der Waals surface area contributed by atoms with Crippen LogP contribution >= 0.6 is 0 Å². The zero-order valence-corrected chi connectivity index (χ0v) is 10.9. The van der Waals surface area contributed by atoms with Crippen LogP contribution in [-0.2, 0) is 6.54 Å². The summed E-state index contributed by atoms with van der Waals surface area (Å²) in [7, 11) is 0. The number of halogens is 2. The molecule has 0 amide bonds. The monoisotopic (exact) mass is 253 g/mol. The zero-order valence-electron chi connectivity index (χ0n) is 10.9. The largest absolute Gasteiger partial charge is 0.310 e. The minimum atomic E-state index is -0.373. The van der Waals surface area contributed by atoms with Gasteiger partial charge in [0.1, 0.15) is 11.6 Å². The Bertz CT molecular complexity index is 392. The summed E-state index contributed by atoms with van der Waals surface area (Å²) < 4.78 is 26.5. The first-order chi connectivity index (χ1) is 8.65. The number of rotatable bonds is 3. The predicted molar refractivity (Wildman–Crippen MR) is 69.2 cm³/mol. The van der Waals surface area contributed by atoms with Crippen LogP contribution < -0.4 is 5.32 Å². The van der Waals surface area contributed by atoms with Crippen molar-refractivity contribution >= 4 is 0 Å². The molecule has 0 aliphatic heterocycles. The van der Waals surface area contributed by atoms with Crippen LogP contribution in [0.1, 0.15) is 44.6 Å². The molecule has 0 spiro atoms. The van der Waals surface area contributed by atoms with Gasteiger partial charge in [-0.3, -0.25) is 0 Å². The van der Waals surface area contributed by atoms with Gasteiger partial charge in [-0.05, 0) is 43.4 Å². The van der Waals surface area contributed by atoms with Gasteiger partial charge < -0.3 is 5.32 Å². The average Bonchev–Trinajstić information content (AvgIpc) is 2.55. The first kappa shape index (κ1) is 13.5. The van der Waals surface area contributed by atoms with Gasteiger partial charge in [0.25, 0.3) is 0 Å². The van der Waals surface area contributed by atoms with Crippen LogP contribution in [0.25, 0.3) is 0 Å². The van der Waals surface area contributed by atoms with Crippen LogP contribution in [-0.4, -0.2) is 6.04 Å². The highest BCUT2D eigenvalue weighted by atomic mass is 19.1. The molecule has 18 heavy (non-hydrogen) atoms. The van der Waals surface area contributed by atoms with E-state index in [0.29, 0.717) is 18.2 Å². The molecule has 2 atom stereocenters. The Balaban J connectivity index is 1.88. The summed E-state index contributed by atoms with van der Waals surface area (Å²) in [6.07, 6.45) is 6.01. The third kappa shape index (κ3) is 3.77. The second-order valence-electron chi connectivity index (χ2n) is 5.43. The normalized spacial score (nSPS) is 24.8. The Morgan fingerprint density at radius 1 is 1.17 bits per heavy atom. The summed E-state index contributed by atoms with van der Waals surface area (Å²) in [5.41, 5.74) is 0.423. The Kier molecular flexibility index (Phi) is 4.70. The highest BCUT2D eigenvalue weighted by molar-refractivity contribution is 5.18. The molecule has 1 N–H and O–H groups in total. The lowest BCUT2D eigenvalue weighted by Gasteiger charge is -2.16. The molecule has 0 heterocycles. The number of hydrogen-bond acceptors (Lipinski definition) is 1. The molecule has 0 aromatic heterocycles. The molecule has 1 saturated carbocycles. The minimum Gasteiger partial charge on any atom is -0.310 e. The fourth-order valence-electron chi connectivity index (χ4n) is 2.62. The first-order valence-electron chi connectivity index (χ1n) is 6.82. The van der Waals surface area contributed by atoms with E-state index in [0.717, 1.165) is 24.8 Å². The molecule has 2 rings (SSSR count). The molecule has 1 fully saturated rings. The maximum absolute atomic E-state index is 13.5. The third-order valence-corrected chi connectivity index (χ3v) is 3.85. The fourth-order valence-corrected chi connectivity index (χ4v) is 2.62. The van der Waals surface area contributed by atoms with E-state index in [9.17, 15) is 8.78 Å². The Morgan fingerprint density at radius 3 is 2.83 bits per heavy atom. The van der Waals surface area contributed by atoms with Crippen LogP contribution in [0.15, 0.2) is 18.2 Å². The highest BCUT2D eigenvalue weighted by Crippen LogP contribution is 2.23. The van der Waals surface area contributed by atoms with Crippen molar-refractivity contribution in [1.82, 2.24) is 5.32 Å². The lowest BCUT2D eigenvalue weighted by Crippen LogP contribution is -2.28. The van der Waals surface area contributed by atoms with Gasteiger partial charge in [0.05, 0.1) is 0 Å². The van der Waals surface area contributed by atoms with E-state index >= 15 is 0 Å². The standard InChI is InChI=1S/C15H21F2N/c1-11-3-2-4-14(7-5-11)18-10-12-9-13(16)6-8-15(12)17/h6,8-9,11,14,18H,2-5,7,10H2,1H3. The smallest absolute Gasteiger partial charge is 0.127 e. The average molecular weight is 253 g/mol. The van der Waals surface area contributed by atoms with Crippen molar-refractivity contribution in [3.63, 3.8) is 0 Å². The van der Waals surface area contributed by atoms with E-state index < -0.39 is 0 Å². The molecule has 2 unspecified atom stereocenters. The van der Waals surface area contributed by atoms with Crippen LogP contribution in [0, 0.1) is 17.6 Å². The van der Waals surface area contributed by atoms with Crippen LogP contribution in [0.4, 0.5) is 8.78 Å². The topological polar surface area (TPSA) is 12.0 Å². The molecular weight excluding hydrogens is 232 g/mol. The predicted octanol–water partition coefficient (Wildman–Crippen LogP) is 4.02. The molecule has 3 heteroatoms. The summed E-state index contributed by atoms with van der Waals surface area (Å²) in [5.74, 6) is 0.0938.